The molecule has 0 spiro atoms. The van der Waals surface area contributed by atoms with Crippen LogP contribution in [0.4, 0.5) is 5.69 Å². The summed E-state index contributed by atoms with van der Waals surface area (Å²) >= 11 is 1.23. The third-order valence-corrected chi connectivity index (χ3v) is 5.05. The molecule has 0 atom stereocenters. The largest absolute Gasteiger partial charge is 0.450 e. The van der Waals surface area contributed by atoms with Gasteiger partial charge >= 0.3 is 0 Å². The van der Waals surface area contributed by atoms with Gasteiger partial charge in [0, 0.05) is 11.8 Å². The van der Waals surface area contributed by atoms with E-state index < -0.39 is 5.91 Å². The van der Waals surface area contributed by atoms with Crippen LogP contribution in [0.5, 0.6) is 0 Å². The van der Waals surface area contributed by atoms with Crippen LogP contribution in [-0.2, 0) is 4.79 Å². The number of furan rings is 1. The van der Waals surface area contributed by atoms with Gasteiger partial charge in [0.15, 0.2) is 5.09 Å². The smallest absolute Gasteiger partial charge is 0.266 e. The van der Waals surface area contributed by atoms with Gasteiger partial charge in [0.1, 0.15) is 17.4 Å². The second kappa shape index (κ2) is 9.11. The third-order valence-electron chi connectivity index (χ3n) is 4.20. The number of tetrazole rings is 1. The summed E-state index contributed by atoms with van der Waals surface area (Å²) in [7, 11) is 0. The molecule has 31 heavy (non-hydrogen) atoms. The van der Waals surface area contributed by atoms with Gasteiger partial charge in [-0.15, -0.1) is 5.10 Å². The van der Waals surface area contributed by atoms with Crippen LogP contribution >= 0.6 is 11.8 Å². The van der Waals surface area contributed by atoms with Crippen molar-refractivity contribution in [3.8, 4) is 11.8 Å². The maximum absolute atomic E-state index is 12.4. The Bertz CT molecular complexity index is 1270. The highest BCUT2D eigenvalue weighted by molar-refractivity contribution is 7.99. The predicted octanol–water partition coefficient (Wildman–Crippen LogP) is 4.26. The highest BCUT2D eigenvalue weighted by Crippen LogP contribution is 2.29. The van der Waals surface area contributed by atoms with Gasteiger partial charge in [-0.1, -0.05) is 35.9 Å². The summed E-state index contributed by atoms with van der Waals surface area (Å²) in [5, 5.41) is 24.9. The standard InChI is InChI=1S/C22H16N6O2S/c1-15-7-9-17(10-8-15)24-21(29)16(14-23)13-19-11-12-20(30-19)31-22-25-26-27-28(22)18-5-3-2-4-6-18/h2-13H,1H3,(H,24,29)/b16-13+. The van der Waals surface area contributed by atoms with Crippen LogP contribution in [0.15, 0.2) is 87.0 Å². The minimum Gasteiger partial charge on any atom is -0.450 e. The molecule has 0 aliphatic heterocycles. The number of nitriles is 1. The van der Waals surface area contributed by atoms with Gasteiger partial charge in [0.2, 0.25) is 5.16 Å². The SMILES string of the molecule is Cc1ccc(NC(=O)/C(C#N)=C/c2ccc(Sc3nnnn3-c3ccccc3)o2)cc1. The van der Waals surface area contributed by atoms with E-state index in [9.17, 15) is 10.1 Å². The van der Waals surface area contributed by atoms with E-state index in [0.717, 1.165) is 11.3 Å². The molecule has 0 unspecified atom stereocenters. The fraction of sp³-hybridized carbons (Fsp3) is 0.0455. The van der Waals surface area contributed by atoms with Crippen LogP contribution in [0.1, 0.15) is 11.3 Å². The maximum Gasteiger partial charge on any atom is 0.266 e. The zero-order valence-electron chi connectivity index (χ0n) is 16.4. The summed E-state index contributed by atoms with van der Waals surface area (Å²) in [5.74, 6) is -0.137. The maximum atomic E-state index is 12.4. The first-order valence-corrected chi connectivity index (χ1v) is 10.1. The van der Waals surface area contributed by atoms with Crippen molar-refractivity contribution >= 4 is 29.4 Å². The predicted molar refractivity (Wildman–Crippen MR) is 115 cm³/mol. The number of aryl methyl sites for hydroxylation is 1. The summed E-state index contributed by atoms with van der Waals surface area (Å²) in [6.07, 6.45) is 1.40. The molecule has 2 aromatic heterocycles. The Balaban J connectivity index is 1.49. The lowest BCUT2D eigenvalue weighted by atomic mass is 10.2. The van der Waals surface area contributed by atoms with Gasteiger partial charge < -0.3 is 9.73 Å². The van der Waals surface area contributed by atoms with Crippen molar-refractivity contribution in [1.29, 1.82) is 5.26 Å². The van der Waals surface area contributed by atoms with Crippen molar-refractivity contribution in [2.45, 2.75) is 17.2 Å². The van der Waals surface area contributed by atoms with E-state index in [1.165, 1.54) is 17.8 Å². The number of hydrogen-bond donors (Lipinski definition) is 1. The number of nitrogens with one attached hydrogen (secondary N) is 1. The number of nitrogens with zero attached hydrogens (tertiary/aromatic N) is 5. The van der Waals surface area contributed by atoms with E-state index in [1.807, 2.05) is 55.5 Å². The van der Waals surface area contributed by atoms with Crippen molar-refractivity contribution < 1.29 is 9.21 Å². The lowest BCUT2D eigenvalue weighted by Gasteiger charge is -2.04. The fourth-order valence-corrected chi connectivity index (χ4v) is 3.42. The molecule has 8 nitrogen and oxygen atoms in total. The number of benzene rings is 2. The van der Waals surface area contributed by atoms with E-state index in [4.69, 9.17) is 4.42 Å². The molecule has 4 rings (SSSR count). The minimum atomic E-state index is -0.509. The number of anilines is 1. The van der Waals surface area contributed by atoms with Gasteiger partial charge in [-0.2, -0.15) is 9.94 Å². The number of amides is 1. The zero-order valence-corrected chi connectivity index (χ0v) is 17.2. The van der Waals surface area contributed by atoms with E-state index in [2.05, 4.69) is 20.8 Å². The minimum absolute atomic E-state index is 0.0689. The third kappa shape index (κ3) is 4.88. The highest BCUT2D eigenvalue weighted by atomic mass is 32.2. The van der Waals surface area contributed by atoms with Crippen molar-refractivity contribution in [1.82, 2.24) is 20.2 Å². The topological polar surface area (TPSA) is 110 Å². The van der Waals surface area contributed by atoms with Crippen LogP contribution in [0.25, 0.3) is 11.8 Å². The second-order valence-electron chi connectivity index (χ2n) is 6.46. The normalized spacial score (nSPS) is 11.2. The van der Waals surface area contributed by atoms with E-state index in [-0.39, 0.29) is 5.57 Å². The average molecular weight is 428 g/mol. The molecule has 0 aliphatic carbocycles. The Morgan fingerprint density at radius 3 is 2.65 bits per heavy atom. The lowest BCUT2D eigenvalue weighted by Crippen LogP contribution is -2.13. The average Bonchev–Trinajstić information content (AvgIpc) is 3.44. The Morgan fingerprint density at radius 1 is 1.13 bits per heavy atom. The molecule has 0 saturated carbocycles. The molecule has 2 heterocycles. The Morgan fingerprint density at radius 2 is 1.90 bits per heavy atom. The molecule has 1 N–H and O–H groups in total. The molecular formula is C22H16N6O2S. The Kier molecular flexibility index (Phi) is 5.91. The van der Waals surface area contributed by atoms with Gasteiger partial charge in [-0.25, -0.2) is 0 Å². The van der Waals surface area contributed by atoms with E-state index in [1.54, 1.807) is 28.9 Å². The molecule has 0 bridgehead atoms. The van der Waals surface area contributed by atoms with Crippen LogP contribution in [0, 0.1) is 18.3 Å². The number of aromatic nitrogens is 4. The fourth-order valence-electron chi connectivity index (χ4n) is 2.66. The quantitative estimate of drug-likeness (QED) is 0.361. The summed E-state index contributed by atoms with van der Waals surface area (Å²) < 4.78 is 7.34. The summed E-state index contributed by atoms with van der Waals surface area (Å²) in [4.78, 5) is 12.4. The van der Waals surface area contributed by atoms with E-state index >= 15 is 0 Å². The number of carbonyl (C=O) groups is 1. The van der Waals surface area contributed by atoms with Gasteiger partial charge in [0.25, 0.3) is 5.91 Å². The molecule has 1 amide bonds. The van der Waals surface area contributed by atoms with Crippen molar-refractivity contribution in [2.24, 2.45) is 0 Å². The van der Waals surface area contributed by atoms with Crippen LogP contribution in [0.3, 0.4) is 0 Å². The molecular weight excluding hydrogens is 412 g/mol. The molecule has 152 valence electrons. The molecule has 0 aliphatic rings. The first kappa shape index (κ1) is 20.1. The molecule has 0 saturated heterocycles. The number of rotatable bonds is 6. The molecule has 9 heteroatoms. The molecule has 2 aromatic carbocycles. The highest BCUT2D eigenvalue weighted by Gasteiger charge is 2.14. The second-order valence-corrected chi connectivity index (χ2v) is 7.43. The van der Waals surface area contributed by atoms with Crippen molar-refractivity contribution in [3.05, 3.63) is 83.6 Å². The molecule has 0 fully saturated rings. The molecule has 0 radical (unpaired) electrons. The van der Waals surface area contributed by atoms with Gasteiger partial charge in [-0.3, -0.25) is 4.79 Å². The number of carbonyl (C=O) groups excluding carboxylic acids is 1. The lowest BCUT2D eigenvalue weighted by molar-refractivity contribution is -0.112. The summed E-state index contributed by atoms with van der Waals surface area (Å²) in [5.41, 5.74) is 2.44. The number of para-hydroxylation sites is 1. The van der Waals surface area contributed by atoms with E-state index in [0.29, 0.717) is 21.7 Å². The number of hydrogen-bond acceptors (Lipinski definition) is 7. The first-order chi connectivity index (χ1) is 15.1. The van der Waals surface area contributed by atoms with Crippen LogP contribution < -0.4 is 5.32 Å². The van der Waals surface area contributed by atoms with Gasteiger partial charge in [0.05, 0.1) is 5.69 Å². The Labute approximate surface area is 182 Å². The summed E-state index contributed by atoms with van der Waals surface area (Å²) in [6.45, 7) is 1.96. The van der Waals surface area contributed by atoms with Gasteiger partial charge in [-0.05, 0) is 65.5 Å². The monoisotopic (exact) mass is 428 g/mol. The van der Waals surface area contributed by atoms with Crippen molar-refractivity contribution in [3.63, 3.8) is 0 Å². The van der Waals surface area contributed by atoms with Crippen LogP contribution in [-0.4, -0.2) is 26.1 Å². The Hall–Kier alpha value is -4.16. The zero-order chi connectivity index (χ0) is 21.6. The van der Waals surface area contributed by atoms with Crippen molar-refractivity contribution in [2.75, 3.05) is 5.32 Å². The molecule has 4 aromatic rings. The van der Waals surface area contributed by atoms with Crippen LogP contribution in [0.2, 0.25) is 0 Å². The summed E-state index contributed by atoms with van der Waals surface area (Å²) in [6, 6.07) is 22.1. The first-order valence-electron chi connectivity index (χ1n) is 9.24.